The third-order valence-electron chi connectivity index (χ3n) is 2.56. The Bertz CT molecular complexity index is 91.1. The molecule has 2 aliphatic rings. The molecular formula is C7H15N2+. The molecule has 2 fully saturated rings. The molecule has 2 heterocycles. The summed E-state index contributed by atoms with van der Waals surface area (Å²) in [7, 11) is 0. The normalized spacial score (nSPS) is 36.7. The van der Waals surface area contributed by atoms with Crippen molar-refractivity contribution in [3.63, 3.8) is 0 Å². The lowest BCUT2D eigenvalue weighted by Gasteiger charge is -2.26. The van der Waals surface area contributed by atoms with E-state index >= 15 is 0 Å². The maximum absolute atomic E-state index is 2.64. The molecule has 0 aliphatic carbocycles. The molecular weight excluding hydrogens is 112 g/mol. The zero-order valence-corrected chi connectivity index (χ0v) is 5.84. The van der Waals surface area contributed by atoms with Crippen LogP contribution in [0.1, 0.15) is 12.8 Å². The minimum absolute atomic E-state index is 0.943. The van der Waals surface area contributed by atoms with Crippen LogP contribution in [0, 0.1) is 0 Å². The zero-order chi connectivity index (χ0) is 6.10. The molecule has 2 heteroatoms. The van der Waals surface area contributed by atoms with Gasteiger partial charge in [-0.1, -0.05) is 0 Å². The zero-order valence-electron chi connectivity index (χ0n) is 5.84. The highest BCUT2D eigenvalue weighted by molar-refractivity contribution is 4.79. The van der Waals surface area contributed by atoms with E-state index in [4.69, 9.17) is 0 Å². The van der Waals surface area contributed by atoms with Gasteiger partial charge < -0.3 is 5.32 Å². The smallest absolute Gasteiger partial charge is 0.0913 e. The largest absolute Gasteiger partial charge is 0.344 e. The lowest BCUT2D eigenvalue weighted by atomic mass is 10.2. The third kappa shape index (κ3) is 0.970. The lowest BCUT2D eigenvalue weighted by molar-refractivity contribution is -0.668. The van der Waals surface area contributed by atoms with Crippen molar-refractivity contribution in [2.24, 2.45) is 0 Å². The number of piperazine rings is 1. The van der Waals surface area contributed by atoms with Crippen molar-refractivity contribution in [1.29, 1.82) is 0 Å². The average Bonchev–Trinajstić information content (AvgIpc) is 2.33. The van der Waals surface area contributed by atoms with Gasteiger partial charge in [0.05, 0.1) is 19.1 Å². The van der Waals surface area contributed by atoms with Crippen LogP contribution >= 0.6 is 0 Å². The van der Waals surface area contributed by atoms with E-state index in [1.165, 1.54) is 39.0 Å². The van der Waals surface area contributed by atoms with Gasteiger partial charge in [0.2, 0.25) is 0 Å². The van der Waals surface area contributed by atoms with Gasteiger partial charge in [0.25, 0.3) is 0 Å². The first-order chi connectivity index (χ1) is 4.47. The number of quaternary nitrogens is 1. The molecule has 0 spiro atoms. The Hall–Kier alpha value is -0.0800. The molecule has 2 N–H and O–H groups in total. The molecule has 2 aliphatic heterocycles. The fraction of sp³-hybridized carbons (Fsp3) is 1.00. The summed E-state index contributed by atoms with van der Waals surface area (Å²) >= 11 is 0. The van der Waals surface area contributed by atoms with E-state index in [0.717, 1.165) is 6.04 Å². The van der Waals surface area contributed by atoms with Crippen LogP contribution in [0.15, 0.2) is 0 Å². The Morgan fingerprint density at radius 3 is 3.22 bits per heavy atom. The number of nitrogens with two attached hydrogens (primary N) is 1. The summed E-state index contributed by atoms with van der Waals surface area (Å²) in [5, 5.41) is 2.45. The van der Waals surface area contributed by atoms with Crippen LogP contribution in [-0.2, 0) is 0 Å². The highest BCUT2D eigenvalue weighted by Gasteiger charge is 2.28. The van der Waals surface area contributed by atoms with E-state index in [1.54, 1.807) is 0 Å². The Labute approximate surface area is 56.2 Å². The number of fused-ring (bicyclic) bond motifs is 1. The van der Waals surface area contributed by atoms with E-state index in [2.05, 4.69) is 10.2 Å². The van der Waals surface area contributed by atoms with E-state index in [1.807, 2.05) is 0 Å². The average molecular weight is 127 g/mol. The maximum atomic E-state index is 2.64. The van der Waals surface area contributed by atoms with Crippen molar-refractivity contribution < 1.29 is 5.32 Å². The van der Waals surface area contributed by atoms with Gasteiger partial charge in [0.1, 0.15) is 0 Å². The van der Waals surface area contributed by atoms with Crippen LogP contribution < -0.4 is 5.32 Å². The van der Waals surface area contributed by atoms with Gasteiger partial charge in [-0.3, -0.25) is 4.90 Å². The topological polar surface area (TPSA) is 19.9 Å². The summed E-state index contributed by atoms with van der Waals surface area (Å²) in [4.78, 5) is 2.64. The molecule has 0 unspecified atom stereocenters. The van der Waals surface area contributed by atoms with Crippen molar-refractivity contribution in [3.05, 3.63) is 0 Å². The second-order valence-corrected chi connectivity index (χ2v) is 3.15. The van der Waals surface area contributed by atoms with E-state index < -0.39 is 0 Å². The monoisotopic (exact) mass is 127 g/mol. The van der Waals surface area contributed by atoms with Crippen LogP contribution in [-0.4, -0.2) is 37.1 Å². The molecule has 0 aromatic carbocycles. The highest BCUT2D eigenvalue weighted by atomic mass is 15.2. The molecule has 2 rings (SSSR count). The molecule has 0 aromatic heterocycles. The Morgan fingerprint density at radius 1 is 1.33 bits per heavy atom. The van der Waals surface area contributed by atoms with Crippen LogP contribution in [0.2, 0.25) is 0 Å². The summed E-state index contributed by atoms with van der Waals surface area (Å²) in [6.07, 6.45) is 2.90. The van der Waals surface area contributed by atoms with Crippen molar-refractivity contribution in [2.75, 3.05) is 26.2 Å². The maximum Gasteiger partial charge on any atom is 0.0913 e. The first-order valence-corrected chi connectivity index (χ1v) is 4.02. The van der Waals surface area contributed by atoms with Gasteiger partial charge in [0, 0.05) is 6.54 Å². The molecule has 52 valence electrons. The predicted octanol–water partition coefficient (Wildman–Crippen LogP) is -0.972. The van der Waals surface area contributed by atoms with Gasteiger partial charge in [-0.15, -0.1) is 0 Å². The first kappa shape index (κ1) is 5.69. The second kappa shape index (κ2) is 2.27. The van der Waals surface area contributed by atoms with Gasteiger partial charge in [-0.25, -0.2) is 0 Å². The fourth-order valence-corrected chi connectivity index (χ4v) is 2.02. The van der Waals surface area contributed by atoms with Crippen LogP contribution in [0.4, 0.5) is 0 Å². The Morgan fingerprint density at radius 2 is 2.33 bits per heavy atom. The third-order valence-corrected chi connectivity index (χ3v) is 2.56. The number of hydrogen-bond acceptors (Lipinski definition) is 1. The van der Waals surface area contributed by atoms with Crippen molar-refractivity contribution in [1.82, 2.24) is 4.90 Å². The van der Waals surface area contributed by atoms with Gasteiger partial charge >= 0.3 is 0 Å². The number of hydrogen-bond donors (Lipinski definition) is 1. The number of nitrogens with zero attached hydrogens (tertiary/aromatic N) is 1. The molecule has 0 radical (unpaired) electrons. The van der Waals surface area contributed by atoms with Gasteiger partial charge in [-0.2, -0.15) is 0 Å². The molecule has 0 aromatic rings. The summed E-state index contributed by atoms with van der Waals surface area (Å²) in [5.41, 5.74) is 0. The van der Waals surface area contributed by atoms with Crippen molar-refractivity contribution in [2.45, 2.75) is 18.9 Å². The van der Waals surface area contributed by atoms with Gasteiger partial charge in [0.15, 0.2) is 0 Å². The molecule has 2 saturated heterocycles. The Kier molecular flexibility index (Phi) is 1.44. The van der Waals surface area contributed by atoms with Gasteiger partial charge in [-0.05, 0) is 19.4 Å². The minimum atomic E-state index is 0.943. The summed E-state index contributed by atoms with van der Waals surface area (Å²) < 4.78 is 0. The molecule has 2 nitrogen and oxygen atoms in total. The molecule has 0 bridgehead atoms. The Balaban J connectivity index is 1.97. The first-order valence-electron chi connectivity index (χ1n) is 4.02. The SMILES string of the molecule is C1C[C@H]2C[NH2+]CCN2C1. The molecule has 0 saturated carbocycles. The van der Waals surface area contributed by atoms with E-state index in [-0.39, 0.29) is 0 Å². The van der Waals surface area contributed by atoms with E-state index in [0.29, 0.717) is 0 Å². The van der Waals surface area contributed by atoms with Crippen LogP contribution in [0.3, 0.4) is 0 Å². The van der Waals surface area contributed by atoms with Crippen molar-refractivity contribution >= 4 is 0 Å². The predicted molar refractivity (Wildman–Crippen MR) is 36.3 cm³/mol. The van der Waals surface area contributed by atoms with Crippen LogP contribution in [0.25, 0.3) is 0 Å². The summed E-state index contributed by atoms with van der Waals surface area (Å²) in [6, 6.07) is 0.943. The molecule has 1 atom stereocenters. The molecule has 9 heavy (non-hydrogen) atoms. The standard InChI is InChI=1S/C7H14N2/c1-2-7-6-8-3-5-9(7)4-1/h7-8H,1-6H2/p+1/t7-/m0/s1. The summed E-state index contributed by atoms with van der Waals surface area (Å²) in [6.45, 7) is 5.40. The second-order valence-electron chi connectivity index (χ2n) is 3.15. The minimum Gasteiger partial charge on any atom is -0.344 e. The highest BCUT2D eigenvalue weighted by Crippen LogP contribution is 2.15. The number of rotatable bonds is 0. The van der Waals surface area contributed by atoms with Crippen molar-refractivity contribution in [3.8, 4) is 0 Å². The quantitative estimate of drug-likeness (QED) is 0.444. The van der Waals surface area contributed by atoms with Crippen LogP contribution in [0.5, 0.6) is 0 Å². The van der Waals surface area contributed by atoms with E-state index in [9.17, 15) is 0 Å². The lowest BCUT2D eigenvalue weighted by Crippen LogP contribution is -2.91. The fourth-order valence-electron chi connectivity index (χ4n) is 2.02. The molecule has 0 amide bonds. The summed E-state index contributed by atoms with van der Waals surface area (Å²) in [5.74, 6) is 0.